The van der Waals surface area contributed by atoms with Gasteiger partial charge in [0.1, 0.15) is 13.2 Å². The lowest BCUT2D eigenvalue weighted by Crippen LogP contribution is -2.30. The Balaban J connectivity index is 4.02. The topological polar surface area (TPSA) is 78.9 Å². The Labute approximate surface area is 456 Å². The fourth-order valence-electron chi connectivity index (χ4n) is 10.3. The lowest BCUT2D eigenvalue weighted by atomic mass is 10.0. The number of rotatable bonds is 62. The standard InChI is InChI=1S/C67H128O6/c1-4-7-10-13-16-19-22-25-26-27-28-29-30-31-32-33-34-35-36-37-38-39-40-41-42-43-46-48-51-54-57-60-66(69)72-63-64(73-67(70)61-58-55-52-49-45-24-21-18-15-12-9-6-3)62-71-65(68)59-56-53-50-47-44-23-20-17-14-11-8-5-2/h18,21,64H,4-17,19-20,22-63H2,1-3H3/b21-18-. The number of carbonyl (C=O) groups is 3. The molecule has 0 amide bonds. The van der Waals surface area contributed by atoms with E-state index in [1.165, 1.54) is 276 Å². The van der Waals surface area contributed by atoms with Crippen LogP contribution in [-0.2, 0) is 28.6 Å². The lowest BCUT2D eigenvalue weighted by Gasteiger charge is -2.18. The predicted molar refractivity (Wildman–Crippen MR) is 317 cm³/mol. The van der Waals surface area contributed by atoms with Gasteiger partial charge in [0.2, 0.25) is 0 Å². The number of unbranched alkanes of at least 4 members (excludes halogenated alkanes) is 49. The van der Waals surface area contributed by atoms with Gasteiger partial charge in [-0.2, -0.15) is 0 Å². The molecule has 0 heterocycles. The smallest absolute Gasteiger partial charge is 0.306 e. The Morgan fingerprint density at radius 3 is 0.712 bits per heavy atom. The minimum atomic E-state index is -0.769. The monoisotopic (exact) mass is 1030 g/mol. The first-order valence-corrected chi connectivity index (χ1v) is 33.2. The minimum absolute atomic E-state index is 0.0674. The second kappa shape index (κ2) is 62.7. The third-order valence-corrected chi connectivity index (χ3v) is 15.3. The normalized spacial score (nSPS) is 12.0. The molecule has 432 valence electrons. The maximum Gasteiger partial charge on any atom is 0.306 e. The van der Waals surface area contributed by atoms with Crippen LogP contribution in [0, 0.1) is 0 Å². The average molecular weight is 1030 g/mol. The third-order valence-electron chi connectivity index (χ3n) is 15.3. The molecule has 0 aromatic heterocycles. The van der Waals surface area contributed by atoms with E-state index in [2.05, 4.69) is 32.9 Å². The van der Waals surface area contributed by atoms with Gasteiger partial charge in [0.25, 0.3) is 0 Å². The summed E-state index contributed by atoms with van der Waals surface area (Å²) in [6.45, 7) is 6.67. The van der Waals surface area contributed by atoms with Gasteiger partial charge >= 0.3 is 17.9 Å². The molecule has 0 saturated heterocycles. The van der Waals surface area contributed by atoms with Crippen molar-refractivity contribution in [1.29, 1.82) is 0 Å². The minimum Gasteiger partial charge on any atom is -0.462 e. The van der Waals surface area contributed by atoms with Crippen molar-refractivity contribution < 1.29 is 28.6 Å². The molecule has 0 radical (unpaired) electrons. The van der Waals surface area contributed by atoms with E-state index in [1.807, 2.05) is 0 Å². The molecule has 6 heteroatoms. The summed E-state index contributed by atoms with van der Waals surface area (Å²) in [5.74, 6) is -0.851. The molecule has 1 atom stereocenters. The average Bonchev–Trinajstić information content (AvgIpc) is 3.39. The highest BCUT2D eigenvalue weighted by molar-refractivity contribution is 5.71. The maximum absolute atomic E-state index is 12.8. The molecule has 0 saturated carbocycles. The van der Waals surface area contributed by atoms with Gasteiger partial charge in [-0.25, -0.2) is 0 Å². The molecule has 0 spiro atoms. The van der Waals surface area contributed by atoms with Crippen LogP contribution in [0.5, 0.6) is 0 Å². The zero-order valence-corrected chi connectivity index (χ0v) is 49.7. The fraction of sp³-hybridized carbons (Fsp3) is 0.925. The summed E-state index contributed by atoms with van der Waals surface area (Å²) in [4.78, 5) is 38.2. The highest BCUT2D eigenvalue weighted by Crippen LogP contribution is 2.19. The molecule has 0 rings (SSSR count). The van der Waals surface area contributed by atoms with Crippen LogP contribution in [0.15, 0.2) is 12.2 Å². The largest absolute Gasteiger partial charge is 0.462 e. The van der Waals surface area contributed by atoms with Crippen LogP contribution >= 0.6 is 0 Å². The quantitative estimate of drug-likeness (QED) is 0.0261. The van der Waals surface area contributed by atoms with Crippen LogP contribution in [0.2, 0.25) is 0 Å². The molecule has 1 unspecified atom stereocenters. The first-order valence-electron chi connectivity index (χ1n) is 33.2. The predicted octanol–water partition coefficient (Wildman–Crippen LogP) is 22.4. The van der Waals surface area contributed by atoms with Crippen molar-refractivity contribution in [2.24, 2.45) is 0 Å². The van der Waals surface area contributed by atoms with Gasteiger partial charge in [-0.3, -0.25) is 14.4 Å². The molecule has 0 fully saturated rings. The van der Waals surface area contributed by atoms with E-state index in [0.717, 1.165) is 64.2 Å². The Kier molecular flexibility index (Phi) is 61.1. The summed E-state index contributed by atoms with van der Waals surface area (Å²) in [7, 11) is 0. The van der Waals surface area contributed by atoms with Crippen molar-refractivity contribution in [2.45, 2.75) is 386 Å². The highest BCUT2D eigenvalue weighted by atomic mass is 16.6. The number of hydrogen-bond donors (Lipinski definition) is 0. The van der Waals surface area contributed by atoms with Crippen LogP contribution in [0.1, 0.15) is 380 Å². The van der Waals surface area contributed by atoms with E-state index in [1.54, 1.807) is 0 Å². The van der Waals surface area contributed by atoms with E-state index in [0.29, 0.717) is 19.3 Å². The number of ether oxygens (including phenoxy) is 3. The number of esters is 3. The Hall–Kier alpha value is -1.85. The first-order chi connectivity index (χ1) is 36.0. The molecule has 0 aliphatic heterocycles. The highest BCUT2D eigenvalue weighted by Gasteiger charge is 2.19. The van der Waals surface area contributed by atoms with E-state index in [9.17, 15) is 14.4 Å². The van der Waals surface area contributed by atoms with Gasteiger partial charge < -0.3 is 14.2 Å². The van der Waals surface area contributed by atoms with Crippen LogP contribution in [0.4, 0.5) is 0 Å². The first kappa shape index (κ1) is 71.2. The van der Waals surface area contributed by atoms with Crippen molar-refractivity contribution in [1.82, 2.24) is 0 Å². The number of carbonyl (C=O) groups excluding carboxylic acids is 3. The number of allylic oxidation sites excluding steroid dienone is 2. The maximum atomic E-state index is 12.8. The van der Waals surface area contributed by atoms with E-state index in [-0.39, 0.29) is 31.1 Å². The van der Waals surface area contributed by atoms with Gasteiger partial charge in [0, 0.05) is 19.3 Å². The van der Waals surface area contributed by atoms with Crippen molar-refractivity contribution >= 4 is 17.9 Å². The summed E-state index contributed by atoms with van der Waals surface area (Å²) in [5.41, 5.74) is 0. The van der Waals surface area contributed by atoms with Gasteiger partial charge in [0.15, 0.2) is 6.10 Å². The Morgan fingerprint density at radius 1 is 0.260 bits per heavy atom. The van der Waals surface area contributed by atoms with Gasteiger partial charge in [-0.1, -0.05) is 328 Å². The zero-order chi connectivity index (χ0) is 52.9. The summed E-state index contributed by atoms with van der Waals surface area (Å²) in [5, 5.41) is 0. The molecule has 0 bridgehead atoms. The van der Waals surface area contributed by atoms with Crippen LogP contribution in [0.25, 0.3) is 0 Å². The molecular formula is C67H128O6. The van der Waals surface area contributed by atoms with E-state index >= 15 is 0 Å². The second-order valence-corrected chi connectivity index (χ2v) is 22.7. The lowest BCUT2D eigenvalue weighted by molar-refractivity contribution is -0.167. The van der Waals surface area contributed by atoms with Crippen LogP contribution in [-0.4, -0.2) is 37.2 Å². The van der Waals surface area contributed by atoms with Crippen molar-refractivity contribution in [3.8, 4) is 0 Å². The molecule has 0 aliphatic rings. The molecule has 0 aliphatic carbocycles. The van der Waals surface area contributed by atoms with Gasteiger partial charge in [0.05, 0.1) is 0 Å². The van der Waals surface area contributed by atoms with Crippen LogP contribution < -0.4 is 0 Å². The summed E-state index contributed by atoms with van der Waals surface area (Å²) in [6.07, 6.45) is 74.0. The SMILES string of the molecule is CCCCC/C=C\CCCCCCCC(=O)OC(COC(=O)CCCCCCCCCCCCCC)COC(=O)CCCCCCCCCCCCCCCCCCCCCCCCCCCCCCCCC. The van der Waals surface area contributed by atoms with Crippen molar-refractivity contribution in [3.63, 3.8) is 0 Å². The van der Waals surface area contributed by atoms with Gasteiger partial charge in [-0.05, 0) is 44.9 Å². The Morgan fingerprint density at radius 2 is 0.452 bits per heavy atom. The van der Waals surface area contributed by atoms with E-state index in [4.69, 9.17) is 14.2 Å². The molecule has 73 heavy (non-hydrogen) atoms. The molecular weight excluding hydrogens is 901 g/mol. The summed E-state index contributed by atoms with van der Waals surface area (Å²) < 4.78 is 16.9. The summed E-state index contributed by atoms with van der Waals surface area (Å²) >= 11 is 0. The van der Waals surface area contributed by atoms with Crippen molar-refractivity contribution in [2.75, 3.05) is 13.2 Å². The second-order valence-electron chi connectivity index (χ2n) is 22.7. The zero-order valence-electron chi connectivity index (χ0n) is 49.7. The molecule has 0 aromatic rings. The van der Waals surface area contributed by atoms with Gasteiger partial charge in [-0.15, -0.1) is 0 Å². The van der Waals surface area contributed by atoms with E-state index < -0.39 is 6.10 Å². The Bertz CT molecular complexity index is 1130. The molecule has 0 N–H and O–H groups in total. The molecule has 0 aromatic carbocycles. The number of hydrogen-bond acceptors (Lipinski definition) is 6. The third kappa shape index (κ3) is 60.9. The fourth-order valence-corrected chi connectivity index (χ4v) is 10.3. The van der Waals surface area contributed by atoms with Crippen molar-refractivity contribution in [3.05, 3.63) is 12.2 Å². The summed E-state index contributed by atoms with van der Waals surface area (Å²) in [6, 6.07) is 0. The molecule has 6 nitrogen and oxygen atoms in total. The van der Waals surface area contributed by atoms with Crippen LogP contribution in [0.3, 0.4) is 0 Å².